The molecule has 0 bridgehead atoms. The minimum Gasteiger partial charge on any atom is -0.483 e. The van der Waals surface area contributed by atoms with E-state index in [0.717, 1.165) is 28.2 Å². The van der Waals surface area contributed by atoms with E-state index in [1.807, 2.05) is 32.0 Å². The zero-order valence-electron chi connectivity index (χ0n) is 19.8. The number of nitrogens with one attached hydrogen (secondary N) is 2. The predicted octanol–water partition coefficient (Wildman–Crippen LogP) is 4.89. The van der Waals surface area contributed by atoms with Crippen molar-refractivity contribution in [1.29, 1.82) is 0 Å². The fourth-order valence-electron chi connectivity index (χ4n) is 3.66. The molecule has 8 nitrogen and oxygen atoms in total. The molecular formula is C27H21BrFN3O5. The van der Waals surface area contributed by atoms with Crippen LogP contribution in [0.2, 0.25) is 0 Å². The third-order valence-corrected chi connectivity index (χ3v) is 6.09. The summed E-state index contributed by atoms with van der Waals surface area (Å²) in [7, 11) is 0. The molecule has 0 radical (unpaired) electrons. The molecule has 0 spiro atoms. The second-order valence-corrected chi connectivity index (χ2v) is 9.13. The third-order valence-electron chi connectivity index (χ3n) is 5.47. The number of nitrogens with zero attached hydrogens (tertiary/aromatic N) is 1. The van der Waals surface area contributed by atoms with Gasteiger partial charge >= 0.3 is 6.03 Å². The lowest BCUT2D eigenvalue weighted by Gasteiger charge is -2.26. The number of urea groups is 1. The van der Waals surface area contributed by atoms with E-state index in [1.54, 1.807) is 18.2 Å². The van der Waals surface area contributed by atoms with Gasteiger partial charge in [0.15, 0.2) is 6.61 Å². The van der Waals surface area contributed by atoms with Crippen molar-refractivity contribution in [3.05, 3.63) is 93.2 Å². The van der Waals surface area contributed by atoms with Gasteiger partial charge in [-0.2, -0.15) is 0 Å². The highest BCUT2D eigenvalue weighted by molar-refractivity contribution is 9.10. The van der Waals surface area contributed by atoms with Crippen molar-refractivity contribution in [2.24, 2.45) is 0 Å². The molecule has 1 fully saturated rings. The van der Waals surface area contributed by atoms with Gasteiger partial charge in [-0.05, 0) is 89.4 Å². The normalized spacial score (nSPS) is 14.5. The van der Waals surface area contributed by atoms with E-state index in [2.05, 4.69) is 26.6 Å². The number of carbonyl (C=O) groups excluding carboxylic acids is 4. The van der Waals surface area contributed by atoms with Crippen LogP contribution in [0.5, 0.6) is 5.75 Å². The van der Waals surface area contributed by atoms with Crippen LogP contribution >= 0.6 is 15.9 Å². The van der Waals surface area contributed by atoms with Gasteiger partial charge < -0.3 is 10.1 Å². The molecule has 1 saturated heterocycles. The lowest BCUT2D eigenvalue weighted by molar-refractivity contribution is -0.122. The number of barbiturate groups is 1. The van der Waals surface area contributed by atoms with Crippen LogP contribution in [0.4, 0.5) is 20.6 Å². The number of benzene rings is 3. The third kappa shape index (κ3) is 5.92. The molecule has 1 aliphatic heterocycles. The maximum absolute atomic E-state index is 13.3. The Morgan fingerprint density at radius 2 is 1.78 bits per heavy atom. The Balaban J connectivity index is 1.47. The van der Waals surface area contributed by atoms with Gasteiger partial charge in [-0.15, -0.1) is 0 Å². The van der Waals surface area contributed by atoms with Crippen molar-refractivity contribution in [3.63, 3.8) is 0 Å². The number of ether oxygens (including phenoxy) is 1. The topological polar surface area (TPSA) is 105 Å². The Morgan fingerprint density at radius 3 is 2.46 bits per heavy atom. The summed E-state index contributed by atoms with van der Waals surface area (Å²) in [6, 6.07) is 14.3. The van der Waals surface area contributed by atoms with E-state index in [-0.39, 0.29) is 23.8 Å². The summed E-state index contributed by atoms with van der Waals surface area (Å²) in [6.45, 7) is 3.64. The molecule has 5 amide bonds. The zero-order chi connectivity index (χ0) is 26.7. The van der Waals surface area contributed by atoms with E-state index >= 15 is 0 Å². The van der Waals surface area contributed by atoms with Crippen LogP contribution in [0.25, 0.3) is 6.08 Å². The molecule has 0 atom stereocenters. The first-order chi connectivity index (χ1) is 17.6. The van der Waals surface area contributed by atoms with Crippen molar-refractivity contribution in [1.82, 2.24) is 5.32 Å². The van der Waals surface area contributed by atoms with Crippen LogP contribution in [-0.4, -0.2) is 30.4 Å². The van der Waals surface area contributed by atoms with E-state index < -0.39 is 23.7 Å². The summed E-state index contributed by atoms with van der Waals surface area (Å²) in [4.78, 5) is 50.7. The molecule has 0 aromatic heterocycles. The molecule has 4 rings (SSSR count). The Morgan fingerprint density at radius 1 is 1.05 bits per heavy atom. The fourth-order valence-corrected chi connectivity index (χ4v) is 4.17. The Kier molecular flexibility index (Phi) is 7.49. The van der Waals surface area contributed by atoms with Crippen LogP contribution < -0.4 is 20.3 Å². The molecule has 1 aliphatic rings. The molecule has 1 heterocycles. The van der Waals surface area contributed by atoms with Crippen LogP contribution in [0.1, 0.15) is 16.7 Å². The second-order valence-electron chi connectivity index (χ2n) is 8.28. The van der Waals surface area contributed by atoms with Crippen molar-refractivity contribution >= 4 is 57.1 Å². The van der Waals surface area contributed by atoms with E-state index in [1.165, 1.54) is 18.2 Å². The predicted molar refractivity (Wildman–Crippen MR) is 140 cm³/mol. The number of imide groups is 2. The van der Waals surface area contributed by atoms with Crippen LogP contribution in [-0.2, 0) is 14.4 Å². The molecule has 2 N–H and O–H groups in total. The Hall–Kier alpha value is -4.31. The van der Waals surface area contributed by atoms with Crippen molar-refractivity contribution in [2.45, 2.75) is 13.8 Å². The SMILES string of the molecule is Cc1ccc(NC(=O)COc2ccc(/C=C3\C(=O)NC(=O)N(c4ccc(F)cc4)C3=O)cc2Br)c(C)c1. The molecule has 188 valence electrons. The first kappa shape index (κ1) is 25.8. The Bertz CT molecular complexity index is 1450. The van der Waals surface area contributed by atoms with Gasteiger partial charge in [0.2, 0.25) is 0 Å². The molecule has 0 aliphatic carbocycles. The van der Waals surface area contributed by atoms with Crippen molar-refractivity contribution < 1.29 is 28.3 Å². The second kappa shape index (κ2) is 10.8. The zero-order valence-corrected chi connectivity index (χ0v) is 21.4. The minimum absolute atomic E-state index is 0.117. The van der Waals surface area contributed by atoms with E-state index in [0.29, 0.717) is 21.5 Å². The molecular weight excluding hydrogens is 545 g/mol. The summed E-state index contributed by atoms with van der Waals surface area (Å²) < 4.78 is 19.4. The average Bonchev–Trinajstić information content (AvgIpc) is 2.84. The highest BCUT2D eigenvalue weighted by Gasteiger charge is 2.36. The van der Waals surface area contributed by atoms with Gasteiger partial charge in [-0.3, -0.25) is 19.7 Å². The standard InChI is InChI=1S/C27H21BrFN3O5/c1-15-3-9-22(16(2)11-15)30-24(33)14-37-23-10-4-17(13-21(23)28)12-20-25(34)31-27(36)32(26(20)35)19-7-5-18(29)6-8-19/h3-13H,14H2,1-2H3,(H,30,33)(H,31,34,36)/b20-12+. The van der Waals surface area contributed by atoms with Crippen LogP contribution in [0.3, 0.4) is 0 Å². The number of amides is 5. The number of rotatable bonds is 6. The first-order valence-corrected chi connectivity index (χ1v) is 11.9. The first-order valence-electron chi connectivity index (χ1n) is 11.1. The lowest BCUT2D eigenvalue weighted by atomic mass is 10.1. The molecule has 10 heteroatoms. The van der Waals surface area contributed by atoms with Crippen LogP contribution in [0.15, 0.2) is 70.7 Å². The van der Waals surface area contributed by atoms with Crippen molar-refractivity contribution in [3.8, 4) is 5.75 Å². The lowest BCUT2D eigenvalue weighted by Crippen LogP contribution is -2.54. The molecule has 3 aromatic rings. The highest BCUT2D eigenvalue weighted by Crippen LogP contribution is 2.28. The van der Waals surface area contributed by atoms with Crippen molar-refractivity contribution in [2.75, 3.05) is 16.8 Å². The number of hydrogen-bond acceptors (Lipinski definition) is 5. The van der Waals surface area contributed by atoms with Crippen LogP contribution in [0, 0.1) is 19.7 Å². The maximum atomic E-state index is 13.3. The highest BCUT2D eigenvalue weighted by atomic mass is 79.9. The maximum Gasteiger partial charge on any atom is 0.335 e. The van der Waals surface area contributed by atoms with Gasteiger partial charge in [0, 0.05) is 5.69 Å². The molecule has 0 unspecified atom stereocenters. The smallest absolute Gasteiger partial charge is 0.335 e. The monoisotopic (exact) mass is 565 g/mol. The summed E-state index contributed by atoms with van der Waals surface area (Å²) >= 11 is 3.37. The number of aryl methyl sites for hydroxylation is 2. The fraction of sp³-hybridized carbons (Fsp3) is 0.111. The van der Waals surface area contributed by atoms with E-state index in [9.17, 15) is 23.6 Å². The number of halogens is 2. The van der Waals surface area contributed by atoms with Gasteiger partial charge in [0.25, 0.3) is 17.7 Å². The molecule has 3 aromatic carbocycles. The van der Waals surface area contributed by atoms with E-state index in [4.69, 9.17) is 4.74 Å². The summed E-state index contributed by atoms with van der Waals surface area (Å²) in [5, 5.41) is 4.92. The quantitative estimate of drug-likeness (QED) is 0.327. The van der Waals surface area contributed by atoms with Gasteiger partial charge in [-0.1, -0.05) is 23.8 Å². The molecule has 37 heavy (non-hydrogen) atoms. The average molecular weight is 566 g/mol. The summed E-state index contributed by atoms with van der Waals surface area (Å²) in [5.74, 6) is -2.19. The minimum atomic E-state index is -0.928. The van der Waals surface area contributed by atoms with Gasteiger partial charge in [0.1, 0.15) is 17.1 Å². The number of anilines is 2. The summed E-state index contributed by atoms with van der Waals surface area (Å²) in [6.07, 6.45) is 1.32. The summed E-state index contributed by atoms with van der Waals surface area (Å²) in [5.41, 5.74) is 3.03. The molecule has 0 saturated carbocycles. The number of carbonyl (C=O) groups is 4. The largest absolute Gasteiger partial charge is 0.483 e. The number of hydrogen-bond donors (Lipinski definition) is 2. The Labute approximate surface area is 220 Å². The van der Waals surface area contributed by atoms with Gasteiger partial charge in [0.05, 0.1) is 10.2 Å². The van der Waals surface area contributed by atoms with Gasteiger partial charge in [-0.25, -0.2) is 14.1 Å².